The second-order valence-corrected chi connectivity index (χ2v) is 3.20. The summed E-state index contributed by atoms with van der Waals surface area (Å²) < 4.78 is 5.41. The summed E-state index contributed by atoms with van der Waals surface area (Å²) in [4.78, 5) is 0. The summed E-state index contributed by atoms with van der Waals surface area (Å²) in [7, 11) is 0. The van der Waals surface area contributed by atoms with Crippen molar-refractivity contribution in [1.29, 1.82) is 5.26 Å². The van der Waals surface area contributed by atoms with Crippen LogP contribution in [-0.2, 0) is 4.74 Å². The quantitative estimate of drug-likeness (QED) is 0.573. The molecule has 56 valence electrons. The zero-order valence-electron chi connectivity index (χ0n) is 5.88. The van der Waals surface area contributed by atoms with Crippen molar-refractivity contribution in [1.82, 2.24) is 0 Å². The molecule has 0 radical (unpaired) electrons. The first-order valence-corrected chi connectivity index (χ1v) is 4.54. The number of hydrogen-bond acceptors (Lipinski definition) is 3. The highest BCUT2D eigenvalue weighted by molar-refractivity contribution is 8.03. The van der Waals surface area contributed by atoms with Gasteiger partial charge in [-0.25, -0.2) is 0 Å². The fourth-order valence-corrected chi connectivity index (χ4v) is 1.59. The Hall–Kier alpha value is -0.200. The molecule has 3 heteroatoms. The summed E-state index contributed by atoms with van der Waals surface area (Å²) in [6.07, 6.45) is 3.93. The van der Waals surface area contributed by atoms with E-state index in [9.17, 15) is 0 Å². The summed E-state index contributed by atoms with van der Waals surface area (Å²) >= 11 is 1.30. The summed E-state index contributed by atoms with van der Waals surface area (Å²) in [5.41, 5.74) is 0. The molecule has 1 rings (SSSR count). The largest absolute Gasteiger partial charge is 0.377 e. The third-order valence-electron chi connectivity index (χ3n) is 1.61. The van der Waals surface area contributed by atoms with E-state index in [4.69, 9.17) is 10.00 Å². The lowest BCUT2D eigenvalue weighted by molar-refractivity contribution is 0.0316. The monoisotopic (exact) mass is 157 g/mol. The average Bonchev–Trinajstić information content (AvgIpc) is 2.03. The third kappa shape index (κ3) is 2.59. The Morgan fingerprint density at radius 2 is 2.50 bits per heavy atom. The second-order valence-electron chi connectivity index (χ2n) is 2.39. The number of rotatable bonds is 2. The van der Waals surface area contributed by atoms with Crippen LogP contribution in [0, 0.1) is 10.7 Å². The van der Waals surface area contributed by atoms with Crippen molar-refractivity contribution in [2.24, 2.45) is 0 Å². The zero-order chi connectivity index (χ0) is 7.23. The van der Waals surface area contributed by atoms with Gasteiger partial charge in [0.05, 0.1) is 6.10 Å². The molecule has 1 unspecified atom stereocenters. The van der Waals surface area contributed by atoms with Crippen LogP contribution >= 0.6 is 11.8 Å². The SMILES string of the molecule is N#CSCC1CCCCO1. The third-order valence-corrected chi connectivity index (χ3v) is 2.28. The summed E-state index contributed by atoms with van der Waals surface area (Å²) in [6, 6.07) is 0. The van der Waals surface area contributed by atoms with E-state index in [0.29, 0.717) is 6.10 Å². The molecule has 1 heterocycles. The van der Waals surface area contributed by atoms with Crippen LogP contribution < -0.4 is 0 Å². The van der Waals surface area contributed by atoms with Crippen molar-refractivity contribution in [3.05, 3.63) is 0 Å². The maximum absolute atomic E-state index is 8.25. The Labute approximate surface area is 65.6 Å². The number of nitriles is 1. The van der Waals surface area contributed by atoms with Gasteiger partial charge in [0.25, 0.3) is 0 Å². The summed E-state index contributed by atoms with van der Waals surface area (Å²) in [6.45, 7) is 0.886. The Bertz CT molecular complexity index is 126. The second kappa shape index (κ2) is 4.59. The molecule has 0 aliphatic carbocycles. The Kier molecular flexibility index (Phi) is 3.63. The number of nitrogens with zero attached hydrogens (tertiary/aromatic N) is 1. The van der Waals surface area contributed by atoms with Crippen molar-refractivity contribution in [3.63, 3.8) is 0 Å². The van der Waals surface area contributed by atoms with E-state index in [1.807, 2.05) is 0 Å². The van der Waals surface area contributed by atoms with Gasteiger partial charge in [-0.3, -0.25) is 0 Å². The lowest BCUT2D eigenvalue weighted by atomic mass is 10.1. The van der Waals surface area contributed by atoms with E-state index in [2.05, 4.69) is 5.40 Å². The number of hydrogen-bond donors (Lipinski definition) is 0. The molecule has 0 aromatic heterocycles. The smallest absolute Gasteiger partial charge is 0.133 e. The van der Waals surface area contributed by atoms with Crippen LogP contribution in [0.1, 0.15) is 19.3 Å². The molecular weight excluding hydrogens is 146 g/mol. The fourth-order valence-electron chi connectivity index (χ4n) is 1.07. The van der Waals surface area contributed by atoms with Crippen molar-refractivity contribution < 1.29 is 4.74 Å². The average molecular weight is 157 g/mol. The van der Waals surface area contributed by atoms with Crippen LogP contribution in [0.4, 0.5) is 0 Å². The number of ether oxygens (including phenoxy) is 1. The van der Waals surface area contributed by atoms with E-state index in [1.54, 1.807) is 0 Å². The van der Waals surface area contributed by atoms with Crippen LogP contribution in [0.25, 0.3) is 0 Å². The van der Waals surface area contributed by atoms with E-state index in [0.717, 1.165) is 18.8 Å². The first-order chi connectivity index (χ1) is 4.93. The lowest BCUT2D eigenvalue weighted by Gasteiger charge is -2.20. The van der Waals surface area contributed by atoms with Crippen LogP contribution in [0.2, 0.25) is 0 Å². The molecule has 1 fully saturated rings. The van der Waals surface area contributed by atoms with Gasteiger partial charge in [-0.05, 0) is 31.0 Å². The van der Waals surface area contributed by atoms with Gasteiger partial charge in [-0.15, -0.1) is 0 Å². The summed E-state index contributed by atoms with van der Waals surface area (Å²) in [5, 5.41) is 10.3. The van der Waals surface area contributed by atoms with Crippen LogP contribution in [0.15, 0.2) is 0 Å². The molecule has 1 saturated heterocycles. The number of thioether (sulfide) groups is 1. The minimum Gasteiger partial charge on any atom is -0.377 e. The Morgan fingerprint density at radius 1 is 1.60 bits per heavy atom. The molecule has 10 heavy (non-hydrogen) atoms. The van der Waals surface area contributed by atoms with Crippen molar-refractivity contribution in [3.8, 4) is 5.40 Å². The van der Waals surface area contributed by atoms with Crippen LogP contribution in [-0.4, -0.2) is 18.5 Å². The molecule has 1 aliphatic heterocycles. The Morgan fingerprint density at radius 3 is 3.10 bits per heavy atom. The highest BCUT2D eigenvalue weighted by atomic mass is 32.2. The normalized spacial score (nSPS) is 25.7. The molecule has 0 N–H and O–H groups in total. The van der Waals surface area contributed by atoms with Gasteiger partial charge < -0.3 is 4.74 Å². The molecule has 1 atom stereocenters. The first kappa shape index (κ1) is 7.90. The minimum absolute atomic E-state index is 0.346. The highest BCUT2D eigenvalue weighted by Crippen LogP contribution is 2.16. The first-order valence-electron chi connectivity index (χ1n) is 3.56. The van der Waals surface area contributed by atoms with Gasteiger partial charge in [0.15, 0.2) is 0 Å². The molecule has 1 aliphatic rings. The van der Waals surface area contributed by atoms with E-state index in [-0.39, 0.29) is 0 Å². The zero-order valence-corrected chi connectivity index (χ0v) is 6.69. The van der Waals surface area contributed by atoms with Crippen molar-refractivity contribution in [2.45, 2.75) is 25.4 Å². The van der Waals surface area contributed by atoms with Gasteiger partial charge in [0, 0.05) is 12.4 Å². The van der Waals surface area contributed by atoms with Crippen molar-refractivity contribution >= 4 is 11.8 Å². The predicted octanol–water partition coefficient (Wildman–Crippen LogP) is 1.77. The topological polar surface area (TPSA) is 33.0 Å². The molecule has 0 aromatic carbocycles. The number of thiocyanates is 1. The lowest BCUT2D eigenvalue weighted by Crippen LogP contribution is -2.20. The van der Waals surface area contributed by atoms with Gasteiger partial charge in [-0.2, -0.15) is 5.26 Å². The highest BCUT2D eigenvalue weighted by Gasteiger charge is 2.12. The predicted molar refractivity (Wildman–Crippen MR) is 41.7 cm³/mol. The molecule has 0 amide bonds. The van der Waals surface area contributed by atoms with Crippen LogP contribution in [0.5, 0.6) is 0 Å². The van der Waals surface area contributed by atoms with E-state index in [1.165, 1.54) is 24.6 Å². The molecule has 2 nitrogen and oxygen atoms in total. The van der Waals surface area contributed by atoms with Gasteiger partial charge in [-0.1, -0.05) is 0 Å². The van der Waals surface area contributed by atoms with E-state index < -0.39 is 0 Å². The van der Waals surface area contributed by atoms with Gasteiger partial charge >= 0.3 is 0 Å². The molecule has 0 saturated carbocycles. The van der Waals surface area contributed by atoms with Crippen molar-refractivity contribution in [2.75, 3.05) is 12.4 Å². The molecule has 0 aromatic rings. The Balaban J connectivity index is 2.09. The van der Waals surface area contributed by atoms with Gasteiger partial charge in [0.2, 0.25) is 0 Å². The summed E-state index contributed by atoms with van der Waals surface area (Å²) in [5.74, 6) is 0.844. The molecule has 0 spiro atoms. The van der Waals surface area contributed by atoms with Crippen LogP contribution in [0.3, 0.4) is 0 Å². The maximum Gasteiger partial charge on any atom is 0.133 e. The van der Waals surface area contributed by atoms with Gasteiger partial charge in [0.1, 0.15) is 5.40 Å². The molecular formula is C7H11NOS. The standard InChI is InChI=1S/C7H11NOS/c8-6-10-5-7-3-1-2-4-9-7/h7H,1-5H2. The fraction of sp³-hybridized carbons (Fsp3) is 0.857. The molecule has 0 bridgehead atoms. The van der Waals surface area contributed by atoms with E-state index >= 15 is 0 Å². The maximum atomic E-state index is 8.25. The minimum atomic E-state index is 0.346.